The minimum atomic E-state index is -0.698. The molecule has 0 aliphatic rings. The molecule has 0 fully saturated rings. The summed E-state index contributed by atoms with van der Waals surface area (Å²) in [6.07, 6.45) is 0.885. The lowest BCUT2D eigenvalue weighted by Crippen LogP contribution is -2.28. The Bertz CT molecular complexity index is 1170. The molecule has 174 valence electrons. The summed E-state index contributed by atoms with van der Waals surface area (Å²) in [6, 6.07) is 6.86. The van der Waals surface area contributed by atoms with Crippen molar-refractivity contribution in [1.29, 1.82) is 0 Å². The van der Waals surface area contributed by atoms with E-state index < -0.39 is 17.6 Å². The van der Waals surface area contributed by atoms with Gasteiger partial charge in [0.05, 0.1) is 24.0 Å². The van der Waals surface area contributed by atoms with Gasteiger partial charge in [-0.05, 0) is 32.9 Å². The number of rotatable bonds is 6. The summed E-state index contributed by atoms with van der Waals surface area (Å²) in [5.41, 5.74) is 0.812. The standard InChI is InChI=1S/C21H26N8O4/c1-21(2,3)33-20(31)25-15-10-14(16(27-26-15)19(30)22-4)24-13-9-7-8-12(17(13)32-6)18-23-11-29(5)28-18/h7-11H,1-6H3,(H,22,30)(H2,24,25,26,31). The smallest absolute Gasteiger partial charge is 0.413 e. The van der Waals surface area contributed by atoms with Crippen LogP contribution in [0.5, 0.6) is 5.75 Å². The van der Waals surface area contributed by atoms with Gasteiger partial charge in [0.2, 0.25) is 0 Å². The Labute approximate surface area is 190 Å². The summed E-state index contributed by atoms with van der Waals surface area (Å²) < 4.78 is 12.4. The van der Waals surface area contributed by atoms with Crippen LogP contribution in [0.2, 0.25) is 0 Å². The lowest BCUT2D eigenvalue weighted by atomic mass is 10.1. The third-order valence-corrected chi connectivity index (χ3v) is 4.19. The molecule has 0 radical (unpaired) electrons. The van der Waals surface area contributed by atoms with Gasteiger partial charge in [0, 0.05) is 20.2 Å². The molecule has 0 aliphatic carbocycles. The first kappa shape index (κ1) is 23.4. The molecule has 0 aliphatic heterocycles. The molecule has 0 saturated carbocycles. The number of hydrogen-bond donors (Lipinski definition) is 3. The van der Waals surface area contributed by atoms with Crippen LogP contribution < -0.4 is 20.7 Å². The van der Waals surface area contributed by atoms with E-state index in [1.807, 2.05) is 6.07 Å². The quantitative estimate of drug-likeness (QED) is 0.512. The van der Waals surface area contributed by atoms with Gasteiger partial charge in [-0.2, -0.15) is 5.10 Å². The van der Waals surface area contributed by atoms with Crippen LogP contribution in [0.4, 0.5) is 22.0 Å². The molecule has 0 spiro atoms. The number of methoxy groups -OCH3 is 1. The first-order chi connectivity index (χ1) is 15.6. The van der Waals surface area contributed by atoms with E-state index in [4.69, 9.17) is 9.47 Å². The number of aromatic nitrogens is 5. The van der Waals surface area contributed by atoms with Crippen molar-refractivity contribution in [1.82, 2.24) is 30.3 Å². The number of benzene rings is 1. The van der Waals surface area contributed by atoms with E-state index in [0.717, 1.165) is 0 Å². The second-order valence-electron chi connectivity index (χ2n) is 7.95. The number of carbonyl (C=O) groups is 2. The molecule has 1 aromatic carbocycles. The number of amides is 2. The topological polar surface area (TPSA) is 145 Å². The third-order valence-electron chi connectivity index (χ3n) is 4.19. The molecule has 12 heteroatoms. The lowest BCUT2D eigenvalue weighted by Gasteiger charge is -2.20. The fourth-order valence-corrected chi connectivity index (χ4v) is 2.88. The highest BCUT2D eigenvalue weighted by Crippen LogP contribution is 2.37. The number of aryl methyl sites for hydroxylation is 1. The zero-order valence-corrected chi connectivity index (χ0v) is 19.3. The Morgan fingerprint density at radius 1 is 1.12 bits per heavy atom. The second-order valence-corrected chi connectivity index (χ2v) is 7.95. The molecular formula is C21H26N8O4. The predicted molar refractivity (Wildman–Crippen MR) is 122 cm³/mol. The third kappa shape index (κ3) is 5.73. The number of ether oxygens (including phenoxy) is 2. The zero-order valence-electron chi connectivity index (χ0n) is 19.3. The average molecular weight is 454 g/mol. The molecule has 3 N–H and O–H groups in total. The number of carbonyl (C=O) groups excluding carboxylic acids is 2. The van der Waals surface area contributed by atoms with Crippen LogP contribution in [-0.4, -0.2) is 56.7 Å². The molecule has 0 saturated heterocycles. The van der Waals surface area contributed by atoms with Gasteiger partial charge in [-0.25, -0.2) is 9.78 Å². The van der Waals surface area contributed by atoms with E-state index in [9.17, 15) is 9.59 Å². The van der Waals surface area contributed by atoms with Gasteiger partial charge in [0.15, 0.2) is 23.1 Å². The van der Waals surface area contributed by atoms with Gasteiger partial charge in [-0.1, -0.05) is 6.07 Å². The first-order valence-electron chi connectivity index (χ1n) is 10.0. The average Bonchev–Trinajstić information content (AvgIpc) is 3.18. The number of nitrogens with one attached hydrogen (secondary N) is 3. The Hall–Kier alpha value is -4.22. The van der Waals surface area contributed by atoms with E-state index in [-0.39, 0.29) is 11.5 Å². The van der Waals surface area contributed by atoms with Gasteiger partial charge in [0.1, 0.15) is 11.9 Å². The highest BCUT2D eigenvalue weighted by Gasteiger charge is 2.21. The number of anilines is 3. The van der Waals surface area contributed by atoms with Crippen LogP contribution in [0.15, 0.2) is 30.6 Å². The van der Waals surface area contributed by atoms with Crippen molar-refractivity contribution in [3.63, 3.8) is 0 Å². The first-order valence-corrected chi connectivity index (χ1v) is 10.0. The fraction of sp³-hybridized carbons (Fsp3) is 0.333. The van der Waals surface area contributed by atoms with E-state index in [1.165, 1.54) is 20.2 Å². The van der Waals surface area contributed by atoms with E-state index in [2.05, 4.69) is 36.2 Å². The van der Waals surface area contributed by atoms with Crippen LogP contribution >= 0.6 is 0 Å². The van der Waals surface area contributed by atoms with Crippen molar-refractivity contribution in [3.05, 3.63) is 36.3 Å². The van der Waals surface area contributed by atoms with Gasteiger partial charge < -0.3 is 20.1 Å². The molecule has 2 aromatic heterocycles. The molecule has 3 rings (SSSR count). The molecular weight excluding hydrogens is 428 g/mol. The minimum Gasteiger partial charge on any atom is -0.494 e. The summed E-state index contributed by atoms with van der Waals surface area (Å²) in [5, 5.41) is 20.4. The lowest BCUT2D eigenvalue weighted by molar-refractivity contribution is 0.0635. The molecule has 0 bridgehead atoms. The molecule has 12 nitrogen and oxygen atoms in total. The number of para-hydroxylation sites is 1. The minimum absolute atomic E-state index is 0.0238. The normalized spacial score (nSPS) is 11.0. The van der Waals surface area contributed by atoms with Gasteiger partial charge in [0.25, 0.3) is 5.91 Å². The Kier molecular flexibility index (Phi) is 6.75. The van der Waals surface area contributed by atoms with Crippen molar-refractivity contribution >= 4 is 29.2 Å². The summed E-state index contributed by atoms with van der Waals surface area (Å²) in [7, 11) is 4.77. The largest absolute Gasteiger partial charge is 0.494 e. The Morgan fingerprint density at radius 3 is 2.48 bits per heavy atom. The number of hydrogen-bond acceptors (Lipinski definition) is 9. The van der Waals surface area contributed by atoms with Crippen molar-refractivity contribution < 1.29 is 19.1 Å². The van der Waals surface area contributed by atoms with E-state index in [0.29, 0.717) is 28.5 Å². The maximum Gasteiger partial charge on any atom is 0.413 e. The van der Waals surface area contributed by atoms with Crippen molar-refractivity contribution in [2.24, 2.45) is 7.05 Å². The van der Waals surface area contributed by atoms with Crippen molar-refractivity contribution in [3.8, 4) is 17.1 Å². The SMILES string of the molecule is CNC(=O)c1nnc(NC(=O)OC(C)(C)C)cc1Nc1cccc(-c2ncn(C)n2)c1OC. The summed E-state index contributed by atoms with van der Waals surface area (Å²) >= 11 is 0. The van der Waals surface area contributed by atoms with Crippen LogP contribution in [0.3, 0.4) is 0 Å². The summed E-state index contributed by atoms with van der Waals surface area (Å²) in [6.45, 7) is 5.24. The van der Waals surface area contributed by atoms with Crippen molar-refractivity contribution in [2.75, 3.05) is 24.8 Å². The Morgan fingerprint density at radius 2 is 1.88 bits per heavy atom. The Balaban J connectivity index is 1.99. The molecule has 0 atom stereocenters. The van der Waals surface area contributed by atoms with Gasteiger partial charge in [-0.15, -0.1) is 10.2 Å². The zero-order chi connectivity index (χ0) is 24.2. The maximum absolute atomic E-state index is 12.4. The summed E-state index contributed by atoms with van der Waals surface area (Å²) in [5.74, 6) is 0.575. The number of nitrogens with zero attached hydrogens (tertiary/aromatic N) is 5. The van der Waals surface area contributed by atoms with Crippen LogP contribution in [0, 0.1) is 0 Å². The fourth-order valence-electron chi connectivity index (χ4n) is 2.88. The summed E-state index contributed by atoms with van der Waals surface area (Å²) in [4.78, 5) is 28.8. The molecule has 2 heterocycles. The van der Waals surface area contributed by atoms with Crippen LogP contribution in [0.1, 0.15) is 31.3 Å². The highest BCUT2D eigenvalue weighted by molar-refractivity contribution is 5.99. The molecule has 3 aromatic rings. The van der Waals surface area contributed by atoms with Gasteiger partial charge >= 0.3 is 6.09 Å². The molecule has 0 unspecified atom stereocenters. The predicted octanol–water partition coefficient (Wildman–Crippen LogP) is 2.73. The van der Waals surface area contributed by atoms with Crippen molar-refractivity contribution in [2.45, 2.75) is 26.4 Å². The van der Waals surface area contributed by atoms with Crippen LogP contribution in [0.25, 0.3) is 11.4 Å². The maximum atomic E-state index is 12.4. The molecule has 2 amide bonds. The highest BCUT2D eigenvalue weighted by atomic mass is 16.6. The van der Waals surface area contributed by atoms with E-state index >= 15 is 0 Å². The van der Waals surface area contributed by atoms with E-state index in [1.54, 1.807) is 51.0 Å². The van der Waals surface area contributed by atoms with Crippen LogP contribution in [-0.2, 0) is 11.8 Å². The second kappa shape index (κ2) is 9.51. The molecule has 33 heavy (non-hydrogen) atoms. The van der Waals surface area contributed by atoms with Gasteiger partial charge in [-0.3, -0.25) is 14.8 Å². The monoisotopic (exact) mass is 454 g/mol.